The van der Waals surface area contributed by atoms with Crippen LogP contribution in [0.5, 0.6) is 0 Å². The third-order valence-electron chi connectivity index (χ3n) is 3.14. The van der Waals surface area contributed by atoms with Gasteiger partial charge in [-0.05, 0) is 18.8 Å². The summed E-state index contributed by atoms with van der Waals surface area (Å²) in [7, 11) is 0. The van der Waals surface area contributed by atoms with Gasteiger partial charge in [-0.25, -0.2) is 4.79 Å². The third-order valence-corrected chi connectivity index (χ3v) is 3.53. The molecular weight excluding hydrogens is 338 g/mol. The van der Waals surface area contributed by atoms with Crippen LogP contribution in [0.25, 0.3) is 0 Å². The van der Waals surface area contributed by atoms with Crippen LogP contribution in [0.3, 0.4) is 0 Å². The number of carboxylic acids is 2. The first-order chi connectivity index (χ1) is 11.1. The summed E-state index contributed by atoms with van der Waals surface area (Å²) >= 11 is 3.91. The van der Waals surface area contributed by atoms with Crippen molar-refractivity contribution in [2.45, 2.75) is 51.2 Å². The molecule has 0 aliphatic heterocycles. The minimum Gasteiger partial charge on any atom is -0.481 e. The number of thiol groups is 1. The van der Waals surface area contributed by atoms with Gasteiger partial charge in [-0.1, -0.05) is 13.8 Å². The van der Waals surface area contributed by atoms with Gasteiger partial charge in [0.05, 0.1) is 6.04 Å². The van der Waals surface area contributed by atoms with Crippen LogP contribution in [-0.4, -0.2) is 57.8 Å². The van der Waals surface area contributed by atoms with Gasteiger partial charge in [0, 0.05) is 12.2 Å². The molecule has 9 nitrogen and oxygen atoms in total. The first kappa shape index (κ1) is 22.2. The minimum absolute atomic E-state index is 0.0515. The molecule has 0 aromatic rings. The molecule has 24 heavy (non-hydrogen) atoms. The van der Waals surface area contributed by atoms with Crippen molar-refractivity contribution >= 4 is 36.4 Å². The van der Waals surface area contributed by atoms with E-state index in [4.69, 9.17) is 15.9 Å². The van der Waals surface area contributed by atoms with E-state index in [0.29, 0.717) is 0 Å². The van der Waals surface area contributed by atoms with E-state index in [1.807, 2.05) is 13.8 Å². The molecule has 0 aromatic heterocycles. The second-order valence-corrected chi connectivity index (χ2v) is 6.18. The summed E-state index contributed by atoms with van der Waals surface area (Å²) in [5, 5.41) is 22.4. The Bertz CT molecular complexity index is 471. The van der Waals surface area contributed by atoms with Crippen LogP contribution in [0.2, 0.25) is 0 Å². The highest BCUT2D eigenvalue weighted by atomic mass is 32.1. The summed E-state index contributed by atoms with van der Waals surface area (Å²) in [6.45, 7) is 3.67. The number of nitrogens with one attached hydrogen (secondary N) is 2. The van der Waals surface area contributed by atoms with Crippen molar-refractivity contribution in [1.29, 1.82) is 0 Å². The molecule has 0 unspecified atom stereocenters. The van der Waals surface area contributed by atoms with Crippen LogP contribution < -0.4 is 16.4 Å². The topological polar surface area (TPSA) is 159 Å². The van der Waals surface area contributed by atoms with Gasteiger partial charge in [-0.3, -0.25) is 14.4 Å². The van der Waals surface area contributed by atoms with Crippen molar-refractivity contribution in [1.82, 2.24) is 10.6 Å². The second-order valence-electron chi connectivity index (χ2n) is 5.81. The summed E-state index contributed by atoms with van der Waals surface area (Å²) in [5.74, 6) is -3.62. The van der Waals surface area contributed by atoms with E-state index in [0.717, 1.165) is 0 Å². The SMILES string of the molecule is CC(C)C[C@H](NC(=O)[C@@H](N)CS)C(=O)N[C@@H](CCC(=O)O)C(=O)O. The van der Waals surface area contributed by atoms with Gasteiger partial charge in [0.25, 0.3) is 0 Å². The standard InChI is InChI=1S/C14H25N3O6S/c1-7(2)5-10(17-12(20)8(15)6-24)13(21)16-9(14(22)23)3-4-11(18)19/h7-10,24H,3-6,15H2,1-2H3,(H,16,21)(H,17,20)(H,18,19)(H,22,23)/t8-,9-,10-/m0/s1. The van der Waals surface area contributed by atoms with Gasteiger partial charge in [0.15, 0.2) is 0 Å². The Hall–Kier alpha value is -1.81. The molecule has 0 bridgehead atoms. The van der Waals surface area contributed by atoms with Gasteiger partial charge < -0.3 is 26.6 Å². The van der Waals surface area contributed by atoms with Crippen LogP contribution in [-0.2, 0) is 19.2 Å². The lowest BCUT2D eigenvalue weighted by Crippen LogP contribution is -2.55. The Kier molecular flexibility index (Phi) is 10.0. The quantitative estimate of drug-likeness (QED) is 0.262. The van der Waals surface area contributed by atoms with E-state index in [-0.39, 0.29) is 24.5 Å². The molecule has 0 rings (SSSR count). The zero-order valence-corrected chi connectivity index (χ0v) is 14.6. The molecule has 3 atom stereocenters. The van der Waals surface area contributed by atoms with Gasteiger partial charge in [0.1, 0.15) is 12.1 Å². The van der Waals surface area contributed by atoms with Crippen molar-refractivity contribution in [2.75, 3.05) is 5.75 Å². The van der Waals surface area contributed by atoms with Crippen LogP contribution in [0.4, 0.5) is 0 Å². The van der Waals surface area contributed by atoms with Crippen LogP contribution in [0, 0.1) is 5.92 Å². The van der Waals surface area contributed by atoms with Gasteiger partial charge >= 0.3 is 11.9 Å². The zero-order chi connectivity index (χ0) is 18.9. The van der Waals surface area contributed by atoms with Crippen molar-refractivity contribution < 1.29 is 29.4 Å². The Morgan fingerprint density at radius 1 is 1.04 bits per heavy atom. The lowest BCUT2D eigenvalue weighted by molar-refractivity contribution is -0.143. The fourth-order valence-corrected chi connectivity index (χ4v) is 2.03. The third kappa shape index (κ3) is 8.73. The van der Waals surface area contributed by atoms with Gasteiger partial charge in [0.2, 0.25) is 11.8 Å². The lowest BCUT2D eigenvalue weighted by atomic mass is 10.0. The maximum Gasteiger partial charge on any atom is 0.326 e. The average molecular weight is 363 g/mol. The summed E-state index contributed by atoms with van der Waals surface area (Å²) in [4.78, 5) is 45.8. The molecule has 0 radical (unpaired) electrons. The van der Waals surface area contributed by atoms with Gasteiger partial charge in [-0.2, -0.15) is 12.6 Å². The highest BCUT2D eigenvalue weighted by Crippen LogP contribution is 2.07. The largest absolute Gasteiger partial charge is 0.481 e. The van der Waals surface area contributed by atoms with E-state index in [9.17, 15) is 19.2 Å². The normalized spacial score (nSPS) is 14.5. The van der Waals surface area contributed by atoms with Crippen molar-refractivity contribution in [3.8, 4) is 0 Å². The molecule has 0 aliphatic carbocycles. The number of hydrogen-bond acceptors (Lipinski definition) is 6. The number of carbonyl (C=O) groups excluding carboxylic acids is 2. The number of nitrogens with two attached hydrogens (primary N) is 1. The fourth-order valence-electron chi connectivity index (χ4n) is 1.86. The Morgan fingerprint density at radius 3 is 2.00 bits per heavy atom. The summed E-state index contributed by atoms with van der Waals surface area (Å²) in [5.41, 5.74) is 5.55. The first-order valence-electron chi connectivity index (χ1n) is 7.50. The molecule has 2 amide bonds. The van der Waals surface area contributed by atoms with E-state index in [1.54, 1.807) is 0 Å². The fraction of sp³-hybridized carbons (Fsp3) is 0.714. The summed E-state index contributed by atoms with van der Waals surface area (Å²) in [6, 6.07) is -3.20. The number of carboxylic acid groups (broad SMARTS) is 2. The van der Waals surface area contributed by atoms with E-state index in [2.05, 4.69) is 23.3 Å². The highest BCUT2D eigenvalue weighted by molar-refractivity contribution is 7.80. The van der Waals surface area contributed by atoms with Crippen LogP contribution in [0.15, 0.2) is 0 Å². The molecule has 0 aliphatic rings. The average Bonchev–Trinajstić information content (AvgIpc) is 2.48. The molecule has 6 N–H and O–H groups in total. The first-order valence-corrected chi connectivity index (χ1v) is 8.13. The number of amides is 2. The number of hydrogen-bond donors (Lipinski definition) is 6. The van der Waals surface area contributed by atoms with Crippen LogP contribution in [0.1, 0.15) is 33.1 Å². The maximum atomic E-state index is 12.3. The van der Waals surface area contributed by atoms with Crippen molar-refractivity contribution in [3.63, 3.8) is 0 Å². The second kappa shape index (κ2) is 10.9. The molecular formula is C14H25N3O6S. The summed E-state index contributed by atoms with van der Waals surface area (Å²) < 4.78 is 0. The number of rotatable bonds is 11. The Morgan fingerprint density at radius 2 is 1.58 bits per heavy atom. The molecule has 0 aromatic carbocycles. The lowest BCUT2D eigenvalue weighted by Gasteiger charge is -2.23. The molecule has 0 fully saturated rings. The van der Waals surface area contributed by atoms with E-state index in [1.165, 1.54) is 0 Å². The monoisotopic (exact) mass is 363 g/mol. The molecule has 138 valence electrons. The Balaban J connectivity index is 4.97. The number of aliphatic carboxylic acids is 2. The highest BCUT2D eigenvalue weighted by Gasteiger charge is 2.28. The van der Waals surface area contributed by atoms with E-state index >= 15 is 0 Å². The molecule has 0 heterocycles. The molecule has 10 heteroatoms. The Labute approximate surface area is 145 Å². The van der Waals surface area contributed by atoms with Crippen LogP contribution >= 0.6 is 12.6 Å². The summed E-state index contributed by atoms with van der Waals surface area (Å²) in [6.07, 6.45) is -0.375. The van der Waals surface area contributed by atoms with Crippen molar-refractivity contribution in [3.05, 3.63) is 0 Å². The minimum atomic E-state index is -1.35. The predicted octanol–water partition coefficient (Wildman–Crippen LogP) is -0.791. The van der Waals surface area contributed by atoms with Crippen molar-refractivity contribution in [2.24, 2.45) is 11.7 Å². The smallest absolute Gasteiger partial charge is 0.326 e. The van der Waals surface area contributed by atoms with E-state index < -0.39 is 48.3 Å². The number of carbonyl (C=O) groups is 4. The maximum absolute atomic E-state index is 12.3. The van der Waals surface area contributed by atoms with Gasteiger partial charge in [-0.15, -0.1) is 0 Å². The predicted molar refractivity (Wildman–Crippen MR) is 89.7 cm³/mol. The molecule has 0 spiro atoms. The zero-order valence-electron chi connectivity index (χ0n) is 13.7. The molecule has 0 saturated carbocycles. The molecule has 0 saturated heterocycles.